The number of esters is 1. The van der Waals surface area contributed by atoms with E-state index in [0.717, 1.165) is 11.3 Å². The monoisotopic (exact) mass is 383 g/mol. The lowest BCUT2D eigenvalue weighted by molar-refractivity contribution is -0.142. The second-order valence-corrected chi connectivity index (χ2v) is 6.51. The second kappa shape index (κ2) is 7.30. The predicted octanol–water partition coefficient (Wildman–Crippen LogP) is 2.77. The van der Waals surface area contributed by atoms with E-state index < -0.39 is 5.76 Å². The molecule has 144 valence electrons. The smallest absolute Gasteiger partial charge is 0.439 e. The van der Waals surface area contributed by atoms with Crippen molar-refractivity contribution in [2.45, 2.75) is 19.0 Å². The molecule has 4 rings (SSSR count). The molecule has 0 spiro atoms. The van der Waals surface area contributed by atoms with Crippen LogP contribution in [-0.2, 0) is 16.2 Å². The maximum absolute atomic E-state index is 13.1. The van der Waals surface area contributed by atoms with E-state index in [9.17, 15) is 14.0 Å². The van der Waals surface area contributed by atoms with Gasteiger partial charge in [-0.1, -0.05) is 18.2 Å². The van der Waals surface area contributed by atoms with Gasteiger partial charge in [0.1, 0.15) is 12.5 Å². The molecule has 7 nitrogen and oxygen atoms in total. The van der Waals surface area contributed by atoms with Crippen molar-refractivity contribution >= 4 is 11.7 Å². The van der Waals surface area contributed by atoms with Gasteiger partial charge in [-0.25, -0.2) is 9.18 Å². The third kappa shape index (κ3) is 3.28. The summed E-state index contributed by atoms with van der Waals surface area (Å²) in [5.41, 5.74) is 2.22. The van der Waals surface area contributed by atoms with Gasteiger partial charge < -0.3 is 14.1 Å². The Morgan fingerprint density at radius 3 is 2.75 bits per heavy atom. The number of anilines is 1. The number of rotatable bonds is 4. The number of hydrogen-bond donors (Lipinski definition) is 0. The van der Waals surface area contributed by atoms with Gasteiger partial charge in [-0.15, -0.1) is 5.10 Å². The fraction of sp³-hybridized carbons (Fsp3) is 0.250. The summed E-state index contributed by atoms with van der Waals surface area (Å²) in [7, 11) is 1.38. The third-order valence-corrected chi connectivity index (χ3v) is 4.83. The molecular formula is C20H18FN3O4. The van der Waals surface area contributed by atoms with E-state index in [1.165, 1.54) is 36.1 Å². The zero-order valence-electron chi connectivity index (χ0n) is 15.2. The Kier molecular flexibility index (Phi) is 4.68. The number of carbonyl (C=O) groups is 1. The van der Waals surface area contributed by atoms with Crippen molar-refractivity contribution in [1.82, 2.24) is 9.78 Å². The molecule has 0 fully saturated rings. The summed E-state index contributed by atoms with van der Waals surface area (Å²) in [6.07, 6.45) is 0.571. The molecule has 0 unspecified atom stereocenters. The average molecular weight is 383 g/mol. The molecule has 3 aromatic rings. The molecule has 8 heteroatoms. The Bertz CT molecular complexity index is 1060. The van der Waals surface area contributed by atoms with Crippen LogP contribution in [0.5, 0.6) is 0 Å². The zero-order valence-corrected chi connectivity index (χ0v) is 15.2. The summed E-state index contributed by atoms with van der Waals surface area (Å²) in [5, 5.41) is 4.23. The minimum Gasteiger partial charge on any atom is -0.469 e. The lowest BCUT2D eigenvalue weighted by Gasteiger charge is -2.34. The molecule has 0 amide bonds. The van der Waals surface area contributed by atoms with E-state index in [2.05, 4.69) is 5.10 Å². The standard InChI is InChI=1S/C20H18FN3O4/c1-27-19(25)16-10-11-23(17-5-3-2-4-15(16)17)12-24-20(26)28-18(22-24)13-6-8-14(21)9-7-13/h2-9,16H,10-12H2,1H3/t16-/m1/s1. The van der Waals surface area contributed by atoms with Crippen LogP contribution >= 0.6 is 0 Å². The van der Waals surface area contributed by atoms with Gasteiger partial charge >= 0.3 is 11.7 Å². The number of nitrogens with zero attached hydrogens (tertiary/aromatic N) is 3. The maximum Gasteiger partial charge on any atom is 0.439 e. The van der Waals surface area contributed by atoms with E-state index in [4.69, 9.17) is 9.15 Å². The van der Waals surface area contributed by atoms with Gasteiger partial charge in [0.2, 0.25) is 5.89 Å². The number of halogens is 1. The van der Waals surface area contributed by atoms with Crippen molar-refractivity contribution in [2.75, 3.05) is 18.6 Å². The fourth-order valence-corrected chi connectivity index (χ4v) is 3.43. The number of hydrogen-bond acceptors (Lipinski definition) is 6. The van der Waals surface area contributed by atoms with Crippen molar-refractivity contribution in [1.29, 1.82) is 0 Å². The molecule has 1 aliphatic rings. The number of fused-ring (bicyclic) bond motifs is 1. The molecule has 0 N–H and O–H groups in total. The highest BCUT2D eigenvalue weighted by Crippen LogP contribution is 2.36. The highest BCUT2D eigenvalue weighted by molar-refractivity contribution is 5.81. The third-order valence-electron chi connectivity index (χ3n) is 4.83. The molecular weight excluding hydrogens is 365 g/mol. The molecule has 0 radical (unpaired) electrons. The van der Waals surface area contributed by atoms with Crippen LogP contribution in [0.2, 0.25) is 0 Å². The number of aromatic nitrogens is 2. The van der Waals surface area contributed by atoms with Crippen molar-refractivity contribution < 1.29 is 18.3 Å². The summed E-state index contributed by atoms with van der Waals surface area (Å²) in [6.45, 7) is 0.733. The van der Waals surface area contributed by atoms with Crippen molar-refractivity contribution in [3.05, 3.63) is 70.5 Å². The molecule has 1 atom stereocenters. The Balaban J connectivity index is 1.62. The highest BCUT2D eigenvalue weighted by atomic mass is 19.1. The molecule has 28 heavy (non-hydrogen) atoms. The van der Waals surface area contributed by atoms with Gasteiger partial charge in [0.25, 0.3) is 0 Å². The van der Waals surface area contributed by atoms with E-state index in [-0.39, 0.29) is 30.3 Å². The van der Waals surface area contributed by atoms with E-state index >= 15 is 0 Å². The molecule has 1 aliphatic heterocycles. The molecule has 0 saturated heterocycles. The Morgan fingerprint density at radius 2 is 2.00 bits per heavy atom. The summed E-state index contributed by atoms with van der Waals surface area (Å²) in [6, 6.07) is 13.1. The Hall–Kier alpha value is -3.42. The van der Waals surface area contributed by atoms with Gasteiger partial charge in [-0.2, -0.15) is 4.68 Å². The summed E-state index contributed by atoms with van der Waals surface area (Å²) >= 11 is 0. The van der Waals surface area contributed by atoms with Gasteiger partial charge in [0.05, 0.1) is 13.0 Å². The summed E-state index contributed by atoms with van der Waals surface area (Å²) in [4.78, 5) is 26.3. The van der Waals surface area contributed by atoms with Crippen molar-refractivity contribution in [2.24, 2.45) is 0 Å². The van der Waals surface area contributed by atoms with E-state index in [1.807, 2.05) is 29.2 Å². The minimum absolute atomic E-state index is 0.128. The first-order chi connectivity index (χ1) is 13.6. The largest absolute Gasteiger partial charge is 0.469 e. The Labute approximate surface area is 160 Å². The summed E-state index contributed by atoms with van der Waals surface area (Å²) < 4.78 is 24.4. The van der Waals surface area contributed by atoms with Crippen LogP contribution in [-0.4, -0.2) is 29.4 Å². The maximum atomic E-state index is 13.1. The van der Waals surface area contributed by atoms with E-state index in [1.54, 1.807) is 0 Å². The molecule has 1 aromatic heterocycles. The number of carbonyl (C=O) groups excluding carboxylic acids is 1. The van der Waals surface area contributed by atoms with Gasteiger partial charge in [0, 0.05) is 17.8 Å². The normalized spacial score (nSPS) is 15.9. The fourth-order valence-electron chi connectivity index (χ4n) is 3.43. The number of methoxy groups -OCH3 is 1. The Morgan fingerprint density at radius 1 is 1.25 bits per heavy atom. The quantitative estimate of drug-likeness (QED) is 0.645. The molecule has 2 heterocycles. The molecule has 0 bridgehead atoms. The predicted molar refractivity (Wildman–Crippen MR) is 99.3 cm³/mol. The first kappa shape index (κ1) is 18.0. The summed E-state index contributed by atoms with van der Waals surface area (Å²) in [5.74, 6) is -1.46. The first-order valence-corrected chi connectivity index (χ1v) is 8.82. The number of benzene rings is 2. The van der Waals surface area contributed by atoms with Crippen LogP contribution in [0.4, 0.5) is 10.1 Å². The van der Waals surface area contributed by atoms with Crippen LogP contribution in [0, 0.1) is 5.82 Å². The first-order valence-electron chi connectivity index (χ1n) is 8.82. The molecule has 0 saturated carbocycles. The minimum atomic E-state index is -0.605. The lowest BCUT2D eigenvalue weighted by atomic mass is 9.90. The van der Waals surface area contributed by atoms with Crippen LogP contribution in [0.3, 0.4) is 0 Å². The molecule has 2 aromatic carbocycles. The average Bonchev–Trinajstić information content (AvgIpc) is 3.08. The van der Waals surface area contributed by atoms with Crippen LogP contribution in [0.1, 0.15) is 17.9 Å². The van der Waals surface area contributed by atoms with Crippen molar-refractivity contribution in [3.63, 3.8) is 0 Å². The van der Waals surface area contributed by atoms with Crippen LogP contribution < -0.4 is 10.7 Å². The van der Waals surface area contributed by atoms with Gasteiger partial charge in [-0.05, 0) is 42.3 Å². The van der Waals surface area contributed by atoms with Crippen LogP contribution in [0.15, 0.2) is 57.7 Å². The van der Waals surface area contributed by atoms with Crippen molar-refractivity contribution in [3.8, 4) is 11.5 Å². The lowest BCUT2D eigenvalue weighted by Crippen LogP contribution is -2.37. The topological polar surface area (TPSA) is 77.6 Å². The van der Waals surface area contributed by atoms with Crippen LogP contribution in [0.25, 0.3) is 11.5 Å². The zero-order chi connectivity index (χ0) is 19.7. The SMILES string of the molecule is COC(=O)[C@@H]1CCN(Cn2nc(-c3ccc(F)cc3)oc2=O)c2ccccc21. The molecule has 0 aliphatic carbocycles. The highest BCUT2D eigenvalue weighted by Gasteiger charge is 2.31. The second-order valence-electron chi connectivity index (χ2n) is 6.51. The van der Waals surface area contributed by atoms with E-state index in [0.29, 0.717) is 18.5 Å². The number of ether oxygens (including phenoxy) is 1. The van der Waals surface area contributed by atoms with Gasteiger partial charge in [-0.3, -0.25) is 4.79 Å². The van der Waals surface area contributed by atoms with Gasteiger partial charge in [0.15, 0.2) is 0 Å². The number of para-hydroxylation sites is 1.